The summed E-state index contributed by atoms with van der Waals surface area (Å²) in [5.41, 5.74) is 6.35. The molecule has 26 nitrogen and oxygen atoms in total. The van der Waals surface area contributed by atoms with Crippen LogP contribution in [0.2, 0.25) is 0 Å². The molecule has 2 heterocycles. The second kappa shape index (κ2) is 43.3. The average molecular weight is 1510 g/mol. The maximum atomic E-state index is 14.7. The predicted octanol–water partition coefficient (Wildman–Crippen LogP) is 7.18. The summed E-state index contributed by atoms with van der Waals surface area (Å²) in [6.45, 7) is 20.9. The molecular weight excluding hydrogens is 1380 g/mol. The van der Waals surface area contributed by atoms with Crippen LogP contribution in [0, 0.1) is 53.3 Å². The first-order valence-electron chi connectivity index (χ1n) is 38.1. The lowest BCUT2D eigenvalue weighted by Crippen LogP contribution is -2.54. The summed E-state index contributed by atoms with van der Waals surface area (Å²) in [6.07, 6.45) is 1.65. The number of ketones is 4. The van der Waals surface area contributed by atoms with Gasteiger partial charge in [-0.3, -0.25) is 62.5 Å². The smallest absolute Gasteiger partial charge is 0.312 e. The molecule has 3 aliphatic rings. The first-order chi connectivity index (χ1) is 50.1. The van der Waals surface area contributed by atoms with Gasteiger partial charge in [0.1, 0.15) is 11.6 Å². The molecule has 1 aliphatic carbocycles. The maximum absolute atomic E-state index is 14.7. The van der Waals surface area contributed by atoms with Crippen LogP contribution < -0.4 is 21.1 Å². The zero-order valence-electron chi connectivity index (χ0n) is 65.7. The second-order valence-electron chi connectivity index (χ2n) is 30.8. The summed E-state index contributed by atoms with van der Waals surface area (Å²) in [7, 11) is 4.04. The second-order valence-corrected chi connectivity index (χ2v) is 32.6. The Kier molecular flexibility index (Phi) is 36.7. The van der Waals surface area contributed by atoms with E-state index < -0.39 is 93.0 Å². The number of likely N-dealkylation sites (N-methyl/N-ethyl adjacent to an activating group) is 2. The fraction of sp³-hybridized carbons (Fsp3) is 0.709. The summed E-state index contributed by atoms with van der Waals surface area (Å²) in [6, 6.07) is 12.6. The van der Waals surface area contributed by atoms with Crippen molar-refractivity contribution in [1.29, 1.82) is 0 Å². The zero-order chi connectivity index (χ0) is 78.8. The highest BCUT2D eigenvalue weighted by molar-refractivity contribution is 7.89. The van der Waals surface area contributed by atoms with Gasteiger partial charge in [-0.2, -0.15) is 0 Å². The number of hydrogen-bond donors (Lipinski definition) is 4. The molecule has 0 bridgehead atoms. The van der Waals surface area contributed by atoms with E-state index in [0.29, 0.717) is 55.3 Å². The molecule has 1 unspecified atom stereocenters. The van der Waals surface area contributed by atoms with E-state index in [9.17, 15) is 61.2 Å². The number of primary amides is 1. The van der Waals surface area contributed by atoms with E-state index in [0.717, 1.165) is 0 Å². The zero-order valence-corrected chi connectivity index (χ0v) is 66.5. The lowest BCUT2D eigenvalue weighted by Gasteiger charge is -2.41. The standard InChI is InChI=1S/C79H124N8O18S/c1-16-53(8)72(85(13)77(97)62(51(4)5)46-66(90)71(52(6)7)84(11)12)68(101-14)47-70(93)86-33-22-28-64(86)73(102-15)55(10)65(89)44-58(42-56-23-18-17-19-24-56)74(94)83-106(99,100)49-57-25-20-26-59(43-57)79(30-31-79)48-67(91)63(27-21-32-81-78(80)98)82-75(95)61(50(2)3)45-60(88)29-35-103-37-39-105-40-38-104-36-34-87-69(92)41-54(9)76(87)96/h17-20,23-26,43,50-55,58,61-64,68,71-73H,16,21-22,27-42,44-49H2,1-15H3,(H,82,95)(H,83,94)(H3,80,81,98)/t53-,54?,55-,58+,61-,62-,63-,64-,68+,71-,72-,73+/m0/s1. The van der Waals surface area contributed by atoms with E-state index in [4.69, 9.17) is 29.4 Å². The quantitative estimate of drug-likeness (QED) is 0.0376. The molecule has 2 saturated heterocycles. The van der Waals surface area contributed by atoms with Crippen molar-refractivity contribution >= 4 is 74.6 Å². The molecule has 12 atom stereocenters. The first-order valence-corrected chi connectivity index (χ1v) is 39.7. The minimum absolute atomic E-state index is 0.00739. The number of nitrogens with zero attached hydrogens (tertiary/aromatic N) is 4. The molecule has 2 aliphatic heterocycles. The molecule has 0 radical (unpaired) electrons. The number of hydrogen-bond acceptors (Lipinski definition) is 19. The molecule has 5 rings (SSSR count). The Hall–Kier alpha value is -6.88. The van der Waals surface area contributed by atoms with Gasteiger partial charge in [-0.05, 0) is 99.4 Å². The van der Waals surface area contributed by atoms with Crippen molar-refractivity contribution in [2.24, 2.45) is 59.0 Å². The fourth-order valence-electron chi connectivity index (χ4n) is 15.1. The predicted molar refractivity (Wildman–Crippen MR) is 402 cm³/mol. The van der Waals surface area contributed by atoms with E-state index in [-0.39, 0.29) is 199 Å². The Morgan fingerprint density at radius 2 is 1.36 bits per heavy atom. The van der Waals surface area contributed by atoms with Gasteiger partial charge in [-0.15, -0.1) is 0 Å². The van der Waals surface area contributed by atoms with Crippen LogP contribution in [0.4, 0.5) is 4.79 Å². The van der Waals surface area contributed by atoms with Crippen LogP contribution in [0.1, 0.15) is 176 Å². The number of carbonyl (C=O) groups excluding carboxylic acids is 11. The van der Waals surface area contributed by atoms with Crippen molar-refractivity contribution in [2.45, 2.75) is 213 Å². The van der Waals surface area contributed by atoms with Gasteiger partial charge in [0, 0.05) is 108 Å². The largest absolute Gasteiger partial charge is 0.379 e. The summed E-state index contributed by atoms with van der Waals surface area (Å²) < 4.78 is 59.6. The van der Waals surface area contributed by atoms with Crippen LogP contribution in [-0.4, -0.2) is 224 Å². The van der Waals surface area contributed by atoms with Crippen LogP contribution in [0.5, 0.6) is 0 Å². The van der Waals surface area contributed by atoms with E-state index in [1.54, 1.807) is 79.2 Å². The number of rotatable bonds is 51. The van der Waals surface area contributed by atoms with Crippen molar-refractivity contribution in [3.8, 4) is 0 Å². The number of sulfonamides is 1. The molecule has 3 fully saturated rings. The highest BCUT2D eigenvalue weighted by Gasteiger charge is 2.48. The van der Waals surface area contributed by atoms with E-state index in [2.05, 4.69) is 15.4 Å². The minimum Gasteiger partial charge on any atom is -0.379 e. The number of methoxy groups -OCH3 is 2. The number of amides is 8. The van der Waals surface area contributed by atoms with Crippen LogP contribution in [0.15, 0.2) is 54.6 Å². The highest BCUT2D eigenvalue weighted by Crippen LogP contribution is 2.52. The molecule has 2 aromatic carbocycles. The summed E-state index contributed by atoms with van der Waals surface area (Å²) in [5, 5.41) is 5.45. The molecule has 2 aromatic rings. The first kappa shape index (κ1) is 89.7. The molecule has 5 N–H and O–H groups in total. The Labute approximate surface area is 629 Å². The highest BCUT2D eigenvalue weighted by atomic mass is 32.2. The molecule has 0 aromatic heterocycles. The number of nitrogens with one attached hydrogen (secondary N) is 3. The van der Waals surface area contributed by atoms with E-state index >= 15 is 0 Å². The SMILES string of the molecule is CC[C@H](C)[C@@H]([C@@H](CC(=O)N1CCC[C@H]1[C@H](OC)[C@@H](C)C(=O)C[C@@H](Cc1ccccc1)C(=O)NS(=O)(=O)Cc1cccc(C2(CC(=O)[C@H](CCCNC(N)=O)NC(=O)[C@@H](CC(=O)CCOCCOCCOCCN3C(=O)CC(C)C3=O)C(C)C)CC2)c1)OC)N(C)C(=O)[C@@H](CC(=O)[C@H](C(C)C)N(C)C)C(C)C. The van der Waals surface area contributed by atoms with Gasteiger partial charge in [0.05, 0.1) is 94.7 Å². The number of urea groups is 1. The molecule has 1 saturated carbocycles. The van der Waals surface area contributed by atoms with Crippen LogP contribution in [0.25, 0.3) is 0 Å². The van der Waals surface area contributed by atoms with E-state index in [1.807, 2.05) is 80.5 Å². The van der Waals surface area contributed by atoms with Gasteiger partial charge < -0.3 is 49.9 Å². The number of imide groups is 1. The fourth-order valence-corrected chi connectivity index (χ4v) is 16.3. The van der Waals surface area contributed by atoms with Crippen LogP contribution in [-0.2, 0) is 99.2 Å². The minimum atomic E-state index is -4.43. The van der Waals surface area contributed by atoms with Crippen molar-refractivity contribution < 1.29 is 84.8 Å². The Morgan fingerprint density at radius 3 is 1.92 bits per heavy atom. The lowest BCUT2D eigenvalue weighted by atomic mass is 9.83. The van der Waals surface area contributed by atoms with Gasteiger partial charge in [0.15, 0.2) is 11.6 Å². The van der Waals surface area contributed by atoms with Gasteiger partial charge >= 0.3 is 6.03 Å². The number of Topliss-reactive ketones (excluding diaryl/α,β-unsaturated/α-hetero) is 4. The Balaban J connectivity index is 1.21. The molecule has 594 valence electrons. The third-order valence-electron chi connectivity index (χ3n) is 21.5. The lowest BCUT2D eigenvalue weighted by molar-refractivity contribution is -0.149. The van der Waals surface area contributed by atoms with Crippen molar-refractivity contribution in [2.75, 3.05) is 94.6 Å². The van der Waals surface area contributed by atoms with Crippen LogP contribution in [0.3, 0.4) is 0 Å². The average Bonchev–Trinajstić information content (AvgIpc) is 1.61. The van der Waals surface area contributed by atoms with Crippen molar-refractivity contribution in [3.05, 3.63) is 71.3 Å². The number of benzene rings is 2. The molecule has 8 amide bonds. The third kappa shape index (κ3) is 27.1. The monoisotopic (exact) mass is 1500 g/mol. The molecule has 0 spiro atoms. The normalized spacial score (nSPS) is 18.7. The summed E-state index contributed by atoms with van der Waals surface area (Å²) in [4.78, 5) is 156. The number of ether oxygens (including phenoxy) is 5. The Morgan fingerprint density at radius 1 is 0.726 bits per heavy atom. The van der Waals surface area contributed by atoms with Gasteiger partial charge in [0.2, 0.25) is 45.5 Å². The topological polar surface area (TPSA) is 343 Å². The number of carbonyl (C=O) groups is 11. The summed E-state index contributed by atoms with van der Waals surface area (Å²) in [5.74, 6) is -7.89. The number of likely N-dealkylation sites (tertiary alicyclic amines) is 2. The van der Waals surface area contributed by atoms with E-state index in [1.165, 1.54) is 19.1 Å². The Bertz CT molecular complexity index is 3360. The maximum Gasteiger partial charge on any atom is 0.312 e. The van der Waals surface area contributed by atoms with Gasteiger partial charge in [-0.25, -0.2) is 13.2 Å². The van der Waals surface area contributed by atoms with Crippen LogP contribution >= 0.6 is 0 Å². The van der Waals surface area contributed by atoms with Crippen molar-refractivity contribution in [1.82, 2.24) is 35.0 Å². The van der Waals surface area contributed by atoms with Gasteiger partial charge in [0.25, 0.3) is 0 Å². The molecule has 27 heteroatoms. The summed E-state index contributed by atoms with van der Waals surface area (Å²) >= 11 is 0. The van der Waals surface area contributed by atoms with Gasteiger partial charge in [-0.1, -0.05) is 130 Å². The third-order valence-corrected chi connectivity index (χ3v) is 22.8. The van der Waals surface area contributed by atoms with Crippen molar-refractivity contribution in [3.63, 3.8) is 0 Å². The molecular formula is C79H124N8O18S. The number of nitrogens with two attached hydrogens (primary N) is 1. The molecule has 106 heavy (non-hydrogen) atoms.